The van der Waals surface area contributed by atoms with E-state index in [1.165, 1.54) is 36.4 Å². The number of ether oxygens (including phenoxy) is 2. The average molecular weight is 578 g/mol. The Bertz CT molecular complexity index is 1540. The number of H-pyrrole nitrogens is 1. The number of esters is 1. The zero-order valence-corrected chi connectivity index (χ0v) is 21.0. The Morgan fingerprint density at radius 2 is 1.73 bits per heavy atom. The van der Waals surface area contributed by atoms with Gasteiger partial charge in [-0.2, -0.15) is 13.2 Å². The van der Waals surface area contributed by atoms with Crippen LogP contribution in [-0.4, -0.2) is 80.6 Å². The van der Waals surface area contributed by atoms with Crippen molar-refractivity contribution in [3.05, 3.63) is 70.0 Å². The Balaban J connectivity index is 1.30. The van der Waals surface area contributed by atoms with E-state index in [2.05, 4.69) is 10.3 Å². The SMILES string of the molecule is O=C1NC(COC(=O)[C@H]2OC(O)[C@H](O)[C@@H](O)[C@H]2O)C[C@H]1c1ccc2cc(-c3ccccc3C(F)(F)F)[nH]c(=O)c2c1. The molecular formula is C27H25F3N2O9. The molecule has 41 heavy (non-hydrogen) atoms. The minimum Gasteiger partial charge on any atom is -0.462 e. The van der Waals surface area contributed by atoms with Crippen molar-refractivity contribution in [2.24, 2.45) is 0 Å². The Labute approximate surface area is 229 Å². The summed E-state index contributed by atoms with van der Waals surface area (Å²) in [5, 5.41) is 42.0. The number of amides is 1. The van der Waals surface area contributed by atoms with E-state index in [1.54, 1.807) is 6.07 Å². The van der Waals surface area contributed by atoms with Crippen LogP contribution in [0.2, 0.25) is 0 Å². The molecule has 1 amide bonds. The number of fused-ring (bicyclic) bond motifs is 1. The third-order valence-corrected chi connectivity index (χ3v) is 7.23. The van der Waals surface area contributed by atoms with E-state index in [4.69, 9.17) is 9.47 Å². The van der Waals surface area contributed by atoms with Crippen LogP contribution in [0.4, 0.5) is 13.2 Å². The number of hydrogen-bond acceptors (Lipinski definition) is 9. The van der Waals surface area contributed by atoms with Crippen molar-refractivity contribution in [3.8, 4) is 11.3 Å². The van der Waals surface area contributed by atoms with Crippen molar-refractivity contribution in [1.82, 2.24) is 10.3 Å². The minimum absolute atomic E-state index is 0.00900. The van der Waals surface area contributed by atoms with Crippen LogP contribution in [0.1, 0.15) is 23.5 Å². The molecule has 2 aromatic carbocycles. The van der Waals surface area contributed by atoms with Crippen molar-refractivity contribution in [2.75, 3.05) is 6.61 Å². The fourth-order valence-electron chi connectivity index (χ4n) is 5.07. The van der Waals surface area contributed by atoms with Gasteiger partial charge in [0.25, 0.3) is 5.56 Å². The summed E-state index contributed by atoms with van der Waals surface area (Å²) >= 11 is 0. The summed E-state index contributed by atoms with van der Waals surface area (Å²) in [4.78, 5) is 40.4. The van der Waals surface area contributed by atoms with Gasteiger partial charge in [-0.1, -0.05) is 30.3 Å². The predicted molar refractivity (Wildman–Crippen MR) is 134 cm³/mol. The summed E-state index contributed by atoms with van der Waals surface area (Å²) in [6.07, 6.45) is -13.7. The molecule has 14 heteroatoms. The molecule has 0 bridgehead atoms. The Hall–Kier alpha value is -3.82. The molecule has 6 N–H and O–H groups in total. The molecule has 0 radical (unpaired) electrons. The number of halogens is 3. The molecule has 5 rings (SSSR count). The normalized spacial score (nSPS) is 28.5. The molecule has 0 saturated carbocycles. The Morgan fingerprint density at radius 3 is 2.46 bits per heavy atom. The smallest absolute Gasteiger partial charge is 0.417 e. The summed E-state index contributed by atoms with van der Waals surface area (Å²) < 4.78 is 50.4. The molecule has 218 valence electrons. The van der Waals surface area contributed by atoms with Gasteiger partial charge in [0.1, 0.15) is 24.9 Å². The fraction of sp³-hybridized carbons (Fsp3) is 0.370. The topological polar surface area (TPSA) is 178 Å². The molecule has 0 aliphatic carbocycles. The van der Waals surface area contributed by atoms with Gasteiger partial charge in [0, 0.05) is 16.6 Å². The average Bonchev–Trinajstić information content (AvgIpc) is 3.32. The van der Waals surface area contributed by atoms with E-state index < -0.39 is 71.8 Å². The molecular weight excluding hydrogens is 553 g/mol. The van der Waals surface area contributed by atoms with E-state index in [-0.39, 0.29) is 29.7 Å². The number of carbonyl (C=O) groups is 2. The van der Waals surface area contributed by atoms with E-state index in [0.29, 0.717) is 10.9 Å². The first kappa shape index (κ1) is 28.7. The lowest BCUT2D eigenvalue weighted by molar-refractivity contribution is -0.281. The number of nitrogens with one attached hydrogen (secondary N) is 2. The lowest BCUT2D eigenvalue weighted by atomic mass is 9.93. The molecule has 7 atom stereocenters. The highest BCUT2D eigenvalue weighted by atomic mass is 19.4. The molecule has 2 saturated heterocycles. The maximum absolute atomic E-state index is 13.5. The van der Waals surface area contributed by atoms with Gasteiger partial charge in [-0.15, -0.1) is 0 Å². The Morgan fingerprint density at radius 1 is 1.00 bits per heavy atom. The molecule has 3 heterocycles. The summed E-state index contributed by atoms with van der Waals surface area (Å²) in [7, 11) is 0. The van der Waals surface area contributed by atoms with Gasteiger partial charge < -0.3 is 40.2 Å². The predicted octanol–water partition coefficient (Wildman–Crippen LogP) is 0.529. The van der Waals surface area contributed by atoms with Gasteiger partial charge in [0.05, 0.1) is 17.5 Å². The summed E-state index contributed by atoms with van der Waals surface area (Å²) in [5.74, 6) is -2.27. The number of carbonyl (C=O) groups excluding carboxylic acids is 2. The van der Waals surface area contributed by atoms with Gasteiger partial charge in [-0.25, -0.2) is 4.79 Å². The number of aliphatic hydroxyl groups excluding tert-OH is 4. The van der Waals surface area contributed by atoms with E-state index >= 15 is 0 Å². The van der Waals surface area contributed by atoms with Crippen molar-refractivity contribution >= 4 is 22.6 Å². The summed E-state index contributed by atoms with van der Waals surface area (Å²) in [6.45, 7) is -0.335. The lowest BCUT2D eigenvalue weighted by Crippen LogP contribution is -2.60. The van der Waals surface area contributed by atoms with E-state index in [0.717, 1.165) is 6.07 Å². The van der Waals surface area contributed by atoms with Crippen LogP contribution in [0.25, 0.3) is 22.0 Å². The first-order chi connectivity index (χ1) is 19.3. The number of alkyl halides is 3. The lowest BCUT2D eigenvalue weighted by Gasteiger charge is -2.36. The van der Waals surface area contributed by atoms with Crippen LogP contribution in [0.15, 0.2) is 53.3 Å². The zero-order chi connectivity index (χ0) is 29.6. The molecule has 2 aliphatic rings. The standard InChI is InChI=1S/C27H25F3N2O9/c28-27(29,30)17-4-2-1-3-14(17)18-8-12-6-5-11(7-15(12)24(37)32-18)16-9-13(31-23(16)36)10-40-26(39)22-20(34)19(33)21(35)25(38)41-22/h1-8,13,16,19-22,25,33-35,38H,9-10H2,(H,31,36)(H,32,37)/t13?,16-,19-,20+,21+,22-,25?/m0/s1. The zero-order valence-electron chi connectivity index (χ0n) is 21.0. The van der Waals surface area contributed by atoms with Crippen molar-refractivity contribution < 1.29 is 52.7 Å². The molecule has 2 aliphatic heterocycles. The molecule has 2 unspecified atom stereocenters. The number of aromatic amines is 1. The van der Waals surface area contributed by atoms with E-state index in [9.17, 15) is 48.0 Å². The highest BCUT2D eigenvalue weighted by molar-refractivity contribution is 5.90. The second-order valence-corrected chi connectivity index (χ2v) is 9.95. The maximum atomic E-state index is 13.5. The molecule has 2 fully saturated rings. The minimum atomic E-state index is -4.62. The largest absolute Gasteiger partial charge is 0.462 e. The number of aliphatic hydroxyl groups is 4. The maximum Gasteiger partial charge on any atom is 0.417 e. The summed E-state index contributed by atoms with van der Waals surface area (Å²) in [5.41, 5.74) is -1.26. The van der Waals surface area contributed by atoms with Crippen LogP contribution < -0.4 is 10.9 Å². The highest BCUT2D eigenvalue weighted by Crippen LogP contribution is 2.37. The number of pyridine rings is 1. The number of aromatic nitrogens is 1. The van der Waals surface area contributed by atoms with Gasteiger partial charge in [0.15, 0.2) is 12.4 Å². The fourth-order valence-corrected chi connectivity index (χ4v) is 5.07. The van der Waals surface area contributed by atoms with Crippen molar-refractivity contribution in [2.45, 2.75) is 55.3 Å². The molecule has 11 nitrogen and oxygen atoms in total. The molecule has 3 aromatic rings. The summed E-state index contributed by atoms with van der Waals surface area (Å²) in [6, 6.07) is 10.2. The van der Waals surface area contributed by atoms with Gasteiger partial charge in [0.2, 0.25) is 5.91 Å². The van der Waals surface area contributed by atoms with Gasteiger partial charge in [-0.3, -0.25) is 9.59 Å². The van der Waals surface area contributed by atoms with Crippen LogP contribution in [0, 0.1) is 0 Å². The third kappa shape index (κ3) is 5.56. The number of rotatable bonds is 5. The van der Waals surface area contributed by atoms with Crippen LogP contribution >= 0.6 is 0 Å². The molecule has 0 spiro atoms. The second-order valence-electron chi connectivity index (χ2n) is 9.95. The number of benzene rings is 2. The van der Waals surface area contributed by atoms with Crippen LogP contribution in [0.5, 0.6) is 0 Å². The third-order valence-electron chi connectivity index (χ3n) is 7.23. The van der Waals surface area contributed by atoms with Crippen molar-refractivity contribution in [3.63, 3.8) is 0 Å². The second kappa shape index (κ2) is 10.9. The number of hydrogen-bond donors (Lipinski definition) is 6. The first-order valence-electron chi connectivity index (χ1n) is 12.5. The van der Waals surface area contributed by atoms with Gasteiger partial charge in [-0.05, 0) is 35.6 Å². The van der Waals surface area contributed by atoms with Crippen molar-refractivity contribution in [1.29, 1.82) is 0 Å². The van der Waals surface area contributed by atoms with E-state index in [1.807, 2.05) is 0 Å². The quantitative estimate of drug-likeness (QED) is 0.236. The van der Waals surface area contributed by atoms with Crippen LogP contribution in [0.3, 0.4) is 0 Å². The molecule has 1 aromatic heterocycles. The highest BCUT2D eigenvalue weighted by Gasteiger charge is 2.47. The van der Waals surface area contributed by atoms with Crippen LogP contribution in [-0.2, 0) is 25.2 Å². The first-order valence-corrected chi connectivity index (χ1v) is 12.5. The Kier molecular flexibility index (Phi) is 7.61. The monoisotopic (exact) mass is 578 g/mol. The van der Waals surface area contributed by atoms with Gasteiger partial charge >= 0.3 is 12.1 Å².